The molecule has 0 N–H and O–H groups in total. The van der Waals surface area contributed by atoms with Crippen LogP contribution in [0.25, 0.3) is 11.4 Å². The van der Waals surface area contributed by atoms with Gasteiger partial charge in [0.15, 0.2) is 11.0 Å². The van der Waals surface area contributed by atoms with Gasteiger partial charge in [-0.1, -0.05) is 47.7 Å². The Morgan fingerprint density at radius 3 is 2.62 bits per heavy atom. The second-order valence-corrected chi connectivity index (χ2v) is 9.31. The lowest BCUT2D eigenvalue weighted by atomic mass is 9.90. The largest absolute Gasteiger partial charge is 0.342 e. The van der Waals surface area contributed by atoms with Gasteiger partial charge in [-0.3, -0.25) is 4.79 Å². The van der Waals surface area contributed by atoms with Gasteiger partial charge < -0.3 is 9.47 Å². The number of nitrogens with zero attached hydrogens (tertiary/aromatic N) is 4. The summed E-state index contributed by atoms with van der Waals surface area (Å²) in [5.74, 6) is 1.65. The Hall–Kier alpha value is -2.67. The summed E-state index contributed by atoms with van der Waals surface area (Å²) in [6.45, 7) is 6.39. The molecule has 4 rings (SSSR count). The molecule has 32 heavy (non-hydrogen) atoms. The Kier molecular flexibility index (Phi) is 7.25. The molecular formula is C25H29FN4OS. The number of halogens is 1. The first-order chi connectivity index (χ1) is 15.5. The molecule has 5 nitrogen and oxygen atoms in total. The third-order valence-electron chi connectivity index (χ3n) is 6.01. The van der Waals surface area contributed by atoms with Crippen molar-refractivity contribution in [1.82, 2.24) is 19.7 Å². The number of thioether (sulfide) groups is 1. The van der Waals surface area contributed by atoms with Crippen molar-refractivity contribution >= 4 is 17.7 Å². The highest BCUT2D eigenvalue weighted by Crippen LogP contribution is 2.26. The molecule has 1 aliphatic heterocycles. The molecule has 3 aromatic rings. The second-order valence-electron chi connectivity index (χ2n) is 8.37. The van der Waals surface area contributed by atoms with Gasteiger partial charge in [0.1, 0.15) is 5.82 Å². The summed E-state index contributed by atoms with van der Waals surface area (Å²) >= 11 is 1.45. The van der Waals surface area contributed by atoms with Crippen LogP contribution in [0.4, 0.5) is 4.39 Å². The molecule has 1 aromatic heterocycles. The van der Waals surface area contributed by atoms with E-state index in [0.717, 1.165) is 61.0 Å². The van der Waals surface area contributed by atoms with Crippen molar-refractivity contribution in [2.45, 2.75) is 44.8 Å². The number of carbonyl (C=O) groups is 1. The fourth-order valence-electron chi connectivity index (χ4n) is 4.28. The maximum Gasteiger partial charge on any atom is 0.233 e. The highest BCUT2D eigenvalue weighted by atomic mass is 32.2. The van der Waals surface area contributed by atoms with Gasteiger partial charge in [-0.05, 0) is 62.8 Å². The van der Waals surface area contributed by atoms with Gasteiger partial charge in [-0.15, -0.1) is 10.2 Å². The second kappa shape index (κ2) is 10.3. The number of piperidine rings is 1. The van der Waals surface area contributed by atoms with Gasteiger partial charge in [0, 0.05) is 25.2 Å². The number of benzene rings is 2. The van der Waals surface area contributed by atoms with Gasteiger partial charge in [0.25, 0.3) is 0 Å². The van der Waals surface area contributed by atoms with Gasteiger partial charge >= 0.3 is 0 Å². The molecule has 0 atom stereocenters. The van der Waals surface area contributed by atoms with Crippen LogP contribution in [0.15, 0.2) is 53.7 Å². The third-order valence-corrected chi connectivity index (χ3v) is 6.97. The minimum Gasteiger partial charge on any atom is -0.342 e. The molecule has 1 saturated heterocycles. The van der Waals surface area contributed by atoms with Crippen molar-refractivity contribution in [3.05, 3.63) is 65.5 Å². The summed E-state index contributed by atoms with van der Waals surface area (Å²) in [6, 6.07) is 15.1. The van der Waals surface area contributed by atoms with Crippen LogP contribution < -0.4 is 0 Å². The summed E-state index contributed by atoms with van der Waals surface area (Å²) in [7, 11) is 0. The van der Waals surface area contributed by atoms with Gasteiger partial charge in [0.05, 0.1) is 5.75 Å². The van der Waals surface area contributed by atoms with E-state index in [2.05, 4.69) is 40.7 Å². The van der Waals surface area contributed by atoms with Crippen LogP contribution in [0.1, 0.15) is 30.9 Å². The number of aryl methyl sites for hydroxylation is 1. The number of rotatable bonds is 7. The average molecular weight is 453 g/mol. The molecule has 1 amide bonds. The van der Waals surface area contributed by atoms with Gasteiger partial charge in [-0.25, -0.2) is 4.39 Å². The van der Waals surface area contributed by atoms with E-state index in [1.807, 2.05) is 23.1 Å². The maximum atomic E-state index is 13.4. The number of hydrogen-bond acceptors (Lipinski definition) is 4. The topological polar surface area (TPSA) is 51.0 Å². The number of amides is 1. The van der Waals surface area contributed by atoms with Crippen LogP contribution in [0, 0.1) is 18.7 Å². The Labute approximate surface area is 193 Å². The molecule has 0 unspecified atom stereocenters. The summed E-state index contributed by atoms with van der Waals surface area (Å²) in [4.78, 5) is 14.7. The van der Waals surface area contributed by atoms with E-state index in [4.69, 9.17) is 0 Å². The molecule has 168 valence electrons. The molecule has 1 aliphatic rings. The van der Waals surface area contributed by atoms with E-state index < -0.39 is 0 Å². The van der Waals surface area contributed by atoms with Crippen LogP contribution in [0.2, 0.25) is 0 Å². The van der Waals surface area contributed by atoms with E-state index in [0.29, 0.717) is 11.7 Å². The van der Waals surface area contributed by atoms with E-state index >= 15 is 0 Å². The predicted octanol–water partition coefficient (Wildman–Crippen LogP) is 4.99. The first-order valence-corrected chi connectivity index (χ1v) is 12.2. The standard InChI is InChI=1S/C25H29FN4OS/c1-3-30-24(21-8-4-6-18(2)14-21)27-28-25(30)32-17-23(31)29-12-10-19(11-13-29)15-20-7-5-9-22(26)16-20/h4-9,14,16,19H,3,10-13,15,17H2,1-2H3. The highest BCUT2D eigenvalue weighted by Gasteiger charge is 2.24. The number of hydrogen-bond donors (Lipinski definition) is 0. The highest BCUT2D eigenvalue weighted by molar-refractivity contribution is 7.99. The molecule has 0 spiro atoms. The maximum absolute atomic E-state index is 13.4. The zero-order valence-electron chi connectivity index (χ0n) is 18.6. The molecule has 1 fully saturated rings. The van der Waals surface area contributed by atoms with Crippen molar-refractivity contribution in [2.24, 2.45) is 5.92 Å². The summed E-state index contributed by atoms with van der Waals surface area (Å²) in [6.07, 6.45) is 2.78. The molecular weight excluding hydrogens is 423 g/mol. The molecule has 7 heteroatoms. The van der Waals surface area contributed by atoms with E-state index in [9.17, 15) is 9.18 Å². The predicted molar refractivity (Wildman–Crippen MR) is 126 cm³/mol. The smallest absolute Gasteiger partial charge is 0.233 e. The minimum absolute atomic E-state index is 0.141. The van der Waals surface area contributed by atoms with Crippen molar-refractivity contribution in [3.8, 4) is 11.4 Å². The van der Waals surface area contributed by atoms with Crippen molar-refractivity contribution in [3.63, 3.8) is 0 Å². The molecule has 0 saturated carbocycles. The fourth-order valence-corrected chi connectivity index (χ4v) is 5.18. The van der Waals surface area contributed by atoms with Crippen LogP contribution in [-0.4, -0.2) is 44.4 Å². The van der Waals surface area contributed by atoms with Crippen LogP contribution in [0.3, 0.4) is 0 Å². The molecule has 0 radical (unpaired) electrons. The minimum atomic E-state index is -0.183. The van der Waals surface area contributed by atoms with E-state index in [-0.39, 0.29) is 11.7 Å². The zero-order valence-corrected chi connectivity index (χ0v) is 19.4. The van der Waals surface area contributed by atoms with Crippen LogP contribution in [-0.2, 0) is 17.8 Å². The molecule has 0 aliphatic carbocycles. The Balaban J connectivity index is 1.31. The van der Waals surface area contributed by atoms with E-state index in [1.165, 1.54) is 23.4 Å². The summed E-state index contributed by atoms with van der Waals surface area (Å²) in [5, 5.41) is 9.51. The monoisotopic (exact) mass is 452 g/mol. The number of aromatic nitrogens is 3. The quantitative estimate of drug-likeness (QED) is 0.474. The Morgan fingerprint density at radius 1 is 1.12 bits per heavy atom. The fraction of sp³-hybridized carbons (Fsp3) is 0.400. The van der Waals surface area contributed by atoms with E-state index in [1.54, 1.807) is 12.1 Å². The lowest BCUT2D eigenvalue weighted by molar-refractivity contribution is -0.129. The Morgan fingerprint density at radius 2 is 1.91 bits per heavy atom. The molecule has 0 bridgehead atoms. The lowest BCUT2D eigenvalue weighted by Crippen LogP contribution is -2.39. The van der Waals surface area contributed by atoms with Gasteiger partial charge in [0.2, 0.25) is 5.91 Å². The van der Waals surface area contributed by atoms with Crippen molar-refractivity contribution in [1.29, 1.82) is 0 Å². The first-order valence-electron chi connectivity index (χ1n) is 11.2. The van der Waals surface area contributed by atoms with Gasteiger partial charge in [-0.2, -0.15) is 0 Å². The van der Waals surface area contributed by atoms with Crippen molar-refractivity contribution in [2.75, 3.05) is 18.8 Å². The molecule has 2 heterocycles. The normalized spacial score (nSPS) is 14.7. The lowest BCUT2D eigenvalue weighted by Gasteiger charge is -2.32. The summed E-state index contributed by atoms with van der Waals surface area (Å²) < 4.78 is 15.5. The number of carbonyl (C=O) groups excluding carboxylic acids is 1. The number of likely N-dealkylation sites (tertiary alicyclic amines) is 1. The molecule has 2 aromatic carbocycles. The third kappa shape index (κ3) is 5.38. The first kappa shape index (κ1) is 22.5. The average Bonchev–Trinajstić information content (AvgIpc) is 3.21. The Bertz CT molecular complexity index is 1080. The van der Waals surface area contributed by atoms with Crippen molar-refractivity contribution < 1.29 is 9.18 Å². The zero-order chi connectivity index (χ0) is 22.5. The SMILES string of the molecule is CCn1c(SCC(=O)N2CCC(Cc3cccc(F)c3)CC2)nnc1-c1cccc(C)c1. The summed E-state index contributed by atoms with van der Waals surface area (Å²) in [5.41, 5.74) is 3.25. The van der Waals surface area contributed by atoms with Crippen LogP contribution >= 0.6 is 11.8 Å². The van der Waals surface area contributed by atoms with Crippen LogP contribution in [0.5, 0.6) is 0 Å².